The zero-order valence-electron chi connectivity index (χ0n) is 12.5. The third-order valence-corrected chi connectivity index (χ3v) is 3.28. The minimum atomic E-state index is -0.383. The van der Waals surface area contributed by atoms with Crippen LogP contribution in [0.1, 0.15) is 25.8 Å². The maximum atomic E-state index is 11.2. The van der Waals surface area contributed by atoms with Gasteiger partial charge in [0.05, 0.1) is 17.4 Å². The second-order valence-electron chi connectivity index (χ2n) is 4.72. The maximum absolute atomic E-state index is 11.2. The SMILES string of the molecule is CCCc1cc2c([N+](=O)[O-])ccc(OC)c2nc1NCC. The monoisotopic (exact) mass is 289 g/mol. The molecular weight excluding hydrogens is 270 g/mol. The van der Waals surface area contributed by atoms with E-state index in [0.29, 0.717) is 16.7 Å². The Kier molecular flexibility index (Phi) is 4.57. The van der Waals surface area contributed by atoms with Gasteiger partial charge in [0.2, 0.25) is 0 Å². The lowest BCUT2D eigenvalue weighted by atomic mass is 10.1. The molecule has 1 heterocycles. The van der Waals surface area contributed by atoms with E-state index in [0.717, 1.165) is 30.8 Å². The average molecular weight is 289 g/mol. The Balaban J connectivity index is 2.77. The minimum Gasteiger partial charge on any atom is -0.494 e. The van der Waals surface area contributed by atoms with Gasteiger partial charge in [0, 0.05) is 12.6 Å². The highest BCUT2D eigenvalue weighted by atomic mass is 16.6. The molecule has 0 spiro atoms. The van der Waals surface area contributed by atoms with Gasteiger partial charge in [0.25, 0.3) is 5.69 Å². The largest absolute Gasteiger partial charge is 0.494 e. The maximum Gasteiger partial charge on any atom is 0.279 e. The van der Waals surface area contributed by atoms with Crippen LogP contribution in [0, 0.1) is 10.1 Å². The number of fused-ring (bicyclic) bond motifs is 1. The molecular formula is C15H19N3O3. The molecule has 1 aromatic heterocycles. The first kappa shape index (κ1) is 15.0. The van der Waals surface area contributed by atoms with Crippen molar-refractivity contribution in [2.75, 3.05) is 19.0 Å². The van der Waals surface area contributed by atoms with Crippen LogP contribution in [-0.2, 0) is 6.42 Å². The van der Waals surface area contributed by atoms with Crippen molar-refractivity contribution in [3.05, 3.63) is 33.9 Å². The summed E-state index contributed by atoms with van der Waals surface area (Å²) in [6, 6.07) is 4.90. The number of aromatic nitrogens is 1. The Labute approximate surface area is 123 Å². The predicted octanol–water partition coefficient (Wildman–Crippen LogP) is 3.54. The highest BCUT2D eigenvalue weighted by molar-refractivity contribution is 5.94. The summed E-state index contributed by atoms with van der Waals surface area (Å²) in [5, 5.41) is 15.0. The molecule has 0 aliphatic carbocycles. The number of nitro benzene ring substituents is 1. The number of nitrogens with one attached hydrogen (secondary N) is 1. The van der Waals surface area contributed by atoms with E-state index in [2.05, 4.69) is 17.2 Å². The molecule has 0 aliphatic heterocycles. The Bertz CT molecular complexity index is 671. The van der Waals surface area contributed by atoms with Gasteiger partial charge in [-0.1, -0.05) is 13.3 Å². The van der Waals surface area contributed by atoms with E-state index >= 15 is 0 Å². The summed E-state index contributed by atoms with van der Waals surface area (Å²) >= 11 is 0. The van der Waals surface area contributed by atoms with Crippen molar-refractivity contribution < 1.29 is 9.66 Å². The van der Waals surface area contributed by atoms with E-state index in [1.165, 1.54) is 13.2 Å². The van der Waals surface area contributed by atoms with Gasteiger partial charge in [0.1, 0.15) is 17.1 Å². The highest BCUT2D eigenvalue weighted by Gasteiger charge is 2.18. The molecule has 112 valence electrons. The summed E-state index contributed by atoms with van der Waals surface area (Å²) in [6.45, 7) is 4.80. The van der Waals surface area contributed by atoms with Crippen LogP contribution < -0.4 is 10.1 Å². The molecule has 0 amide bonds. The molecule has 0 unspecified atom stereocenters. The molecule has 6 heteroatoms. The summed E-state index contributed by atoms with van der Waals surface area (Å²) in [5.41, 5.74) is 1.56. The number of rotatable bonds is 6. The molecule has 1 aromatic carbocycles. The van der Waals surface area contributed by atoms with Gasteiger partial charge < -0.3 is 10.1 Å². The summed E-state index contributed by atoms with van der Waals surface area (Å²) in [6.07, 6.45) is 1.77. The number of aryl methyl sites for hydroxylation is 1. The molecule has 2 rings (SSSR count). The fourth-order valence-corrected chi connectivity index (χ4v) is 2.37. The van der Waals surface area contributed by atoms with Gasteiger partial charge in [0.15, 0.2) is 0 Å². The van der Waals surface area contributed by atoms with Crippen LogP contribution in [-0.4, -0.2) is 23.6 Å². The number of benzene rings is 1. The molecule has 0 aliphatic rings. The lowest BCUT2D eigenvalue weighted by molar-refractivity contribution is -0.383. The predicted molar refractivity (Wildman–Crippen MR) is 83.1 cm³/mol. The Morgan fingerprint density at radius 2 is 2.14 bits per heavy atom. The topological polar surface area (TPSA) is 77.3 Å². The van der Waals surface area contributed by atoms with Gasteiger partial charge in [-0.25, -0.2) is 4.98 Å². The summed E-state index contributed by atoms with van der Waals surface area (Å²) in [7, 11) is 1.54. The number of pyridine rings is 1. The second-order valence-corrected chi connectivity index (χ2v) is 4.72. The van der Waals surface area contributed by atoms with E-state index < -0.39 is 0 Å². The fraction of sp³-hybridized carbons (Fsp3) is 0.400. The van der Waals surface area contributed by atoms with Gasteiger partial charge in [-0.05, 0) is 31.0 Å². The fourth-order valence-electron chi connectivity index (χ4n) is 2.37. The number of hydrogen-bond acceptors (Lipinski definition) is 5. The van der Waals surface area contributed by atoms with Crippen molar-refractivity contribution in [1.82, 2.24) is 4.98 Å². The van der Waals surface area contributed by atoms with E-state index in [4.69, 9.17) is 4.74 Å². The number of methoxy groups -OCH3 is 1. The normalized spacial score (nSPS) is 10.6. The molecule has 0 bridgehead atoms. The first-order valence-electron chi connectivity index (χ1n) is 7.01. The highest BCUT2D eigenvalue weighted by Crippen LogP contribution is 2.34. The lowest BCUT2D eigenvalue weighted by Crippen LogP contribution is -2.05. The summed E-state index contributed by atoms with van der Waals surface area (Å²) in [5.74, 6) is 1.31. The number of ether oxygens (including phenoxy) is 1. The lowest BCUT2D eigenvalue weighted by Gasteiger charge is -2.13. The minimum absolute atomic E-state index is 0.0544. The molecule has 0 saturated heterocycles. The Morgan fingerprint density at radius 3 is 2.71 bits per heavy atom. The standard InChI is InChI=1S/C15H19N3O3/c1-4-6-10-9-11-12(18(19)20)7-8-13(21-3)14(11)17-15(10)16-5-2/h7-9H,4-6H2,1-3H3,(H,16,17). The summed E-state index contributed by atoms with van der Waals surface area (Å²) < 4.78 is 5.28. The van der Waals surface area contributed by atoms with Crippen molar-refractivity contribution in [3.63, 3.8) is 0 Å². The van der Waals surface area contributed by atoms with E-state index in [-0.39, 0.29) is 10.6 Å². The van der Waals surface area contributed by atoms with Crippen molar-refractivity contribution in [2.45, 2.75) is 26.7 Å². The Morgan fingerprint density at radius 1 is 1.38 bits per heavy atom. The van der Waals surface area contributed by atoms with Crippen molar-refractivity contribution in [3.8, 4) is 5.75 Å². The number of anilines is 1. The molecule has 0 saturated carbocycles. The number of nitro groups is 1. The van der Waals surface area contributed by atoms with Crippen LogP contribution in [0.15, 0.2) is 18.2 Å². The van der Waals surface area contributed by atoms with Crippen LogP contribution in [0.2, 0.25) is 0 Å². The number of hydrogen-bond donors (Lipinski definition) is 1. The third kappa shape index (κ3) is 2.89. The smallest absolute Gasteiger partial charge is 0.279 e. The van der Waals surface area contributed by atoms with Crippen LogP contribution in [0.4, 0.5) is 11.5 Å². The van der Waals surface area contributed by atoms with Gasteiger partial charge in [-0.3, -0.25) is 10.1 Å². The average Bonchev–Trinajstić information content (AvgIpc) is 2.47. The van der Waals surface area contributed by atoms with Crippen molar-refractivity contribution in [1.29, 1.82) is 0 Å². The summed E-state index contributed by atoms with van der Waals surface area (Å²) in [4.78, 5) is 15.4. The molecule has 21 heavy (non-hydrogen) atoms. The first-order valence-corrected chi connectivity index (χ1v) is 7.01. The van der Waals surface area contributed by atoms with Crippen LogP contribution >= 0.6 is 0 Å². The van der Waals surface area contributed by atoms with Gasteiger partial charge >= 0.3 is 0 Å². The zero-order valence-corrected chi connectivity index (χ0v) is 12.5. The van der Waals surface area contributed by atoms with Gasteiger partial charge in [-0.15, -0.1) is 0 Å². The van der Waals surface area contributed by atoms with E-state index in [1.54, 1.807) is 6.07 Å². The quantitative estimate of drug-likeness (QED) is 0.650. The molecule has 2 aromatic rings. The number of non-ortho nitro benzene ring substituents is 1. The molecule has 6 nitrogen and oxygen atoms in total. The van der Waals surface area contributed by atoms with Crippen molar-refractivity contribution >= 4 is 22.4 Å². The third-order valence-electron chi connectivity index (χ3n) is 3.28. The van der Waals surface area contributed by atoms with Crippen LogP contribution in [0.5, 0.6) is 5.75 Å². The van der Waals surface area contributed by atoms with Crippen LogP contribution in [0.25, 0.3) is 10.9 Å². The van der Waals surface area contributed by atoms with Gasteiger partial charge in [-0.2, -0.15) is 0 Å². The second kappa shape index (κ2) is 6.39. The first-order chi connectivity index (χ1) is 10.1. The van der Waals surface area contributed by atoms with Crippen LogP contribution in [0.3, 0.4) is 0 Å². The molecule has 0 fully saturated rings. The molecule has 1 N–H and O–H groups in total. The van der Waals surface area contributed by atoms with Crippen molar-refractivity contribution in [2.24, 2.45) is 0 Å². The van der Waals surface area contributed by atoms with E-state index in [9.17, 15) is 10.1 Å². The molecule has 0 radical (unpaired) electrons. The number of nitrogens with zero attached hydrogens (tertiary/aromatic N) is 2. The molecule has 0 atom stereocenters. The van der Waals surface area contributed by atoms with E-state index in [1.807, 2.05) is 13.0 Å². The Hall–Kier alpha value is -2.37. The zero-order chi connectivity index (χ0) is 15.4.